The molecule has 3 N–H and O–H groups in total. The number of hydrogen-bond donors (Lipinski definition) is 3. The fourth-order valence-corrected chi connectivity index (χ4v) is 3.02. The summed E-state index contributed by atoms with van der Waals surface area (Å²) in [6, 6.07) is 6.92. The molecule has 2 amide bonds. The van der Waals surface area contributed by atoms with Crippen LogP contribution in [0.5, 0.6) is 0 Å². The number of carboxylic acid groups (broad SMARTS) is 1. The predicted molar refractivity (Wildman–Crippen MR) is 92.2 cm³/mol. The number of carboxylic acids is 1. The standard InChI is InChI=1S/C18H24N2O5/c1-25-18(9-3-2-4-10-18)17(24)20-14-7-5-13(6-8-14)11-15(21)19-12-16(22)23/h5-8H,2-4,9-12H2,1H3,(H,19,21)(H,20,24)(H,22,23). The smallest absolute Gasteiger partial charge is 0.322 e. The molecule has 0 aromatic heterocycles. The third-order valence-electron chi connectivity index (χ3n) is 4.48. The van der Waals surface area contributed by atoms with Crippen LogP contribution in [0.25, 0.3) is 0 Å². The third kappa shape index (κ3) is 5.29. The number of carbonyl (C=O) groups is 3. The molecular formula is C18H24N2O5. The third-order valence-corrected chi connectivity index (χ3v) is 4.48. The lowest BCUT2D eigenvalue weighted by molar-refractivity contribution is -0.141. The number of methoxy groups -OCH3 is 1. The first-order valence-electron chi connectivity index (χ1n) is 8.39. The van der Waals surface area contributed by atoms with Crippen molar-refractivity contribution < 1.29 is 24.2 Å². The van der Waals surface area contributed by atoms with Crippen LogP contribution in [0.2, 0.25) is 0 Å². The highest BCUT2D eigenvalue weighted by molar-refractivity contribution is 5.97. The van der Waals surface area contributed by atoms with Gasteiger partial charge in [-0.2, -0.15) is 0 Å². The Morgan fingerprint density at radius 2 is 1.76 bits per heavy atom. The Balaban J connectivity index is 1.92. The van der Waals surface area contributed by atoms with Gasteiger partial charge in [0.1, 0.15) is 12.1 Å². The Hall–Kier alpha value is -2.41. The van der Waals surface area contributed by atoms with Crippen LogP contribution in [0.3, 0.4) is 0 Å². The van der Waals surface area contributed by atoms with Crippen molar-refractivity contribution >= 4 is 23.5 Å². The van der Waals surface area contributed by atoms with Crippen molar-refractivity contribution in [3.05, 3.63) is 29.8 Å². The molecule has 0 saturated heterocycles. The Morgan fingerprint density at radius 3 is 2.32 bits per heavy atom. The number of nitrogens with one attached hydrogen (secondary N) is 2. The van der Waals surface area contributed by atoms with Gasteiger partial charge in [-0.1, -0.05) is 31.4 Å². The first-order valence-corrected chi connectivity index (χ1v) is 8.39. The molecule has 136 valence electrons. The molecule has 1 aromatic carbocycles. The van der Waals surface area contributed by atoms with E-state index in [0.29, 0.717) is 5.69 Å². The largest absolute Gasteiger partial charge is 0.480 e. The van der Waals surface area contributed by atoms with Gasteiger partial charge in [-0.3, -0.25) is 14.4 Å². The molecule has 0 radical (unpaired) electrons. The zero-order chi connectivity index (χ0) is 18.3. The molecule has 0 aliphatic heterocycles. The summed E-state index contributed by atoms with van der Waals surface area (Å²) < 4.78 is 5.52. The molecule has 2 rings (SSSR count). The number of carbonyl (C=O) groups excluding carboxylic acids is 2. The topological polar surface area (TPSA) is 105 Å². The molecular weight excluding hydrogens is 324 g/mol. The van der Waals surface area contributed by atoms with Crippen LogP contribution in [-0.4, -0.2) is 42.1 Å². The SMILES string of the molecule is COC1(C(=O)Nc2ccc(CC(=O)NCC(=O)O)cc2)CCCCC1. The van der Waals surface area contributed by atoms with E-state index in [2.05, 4.69) is 10.6 Å². The van der Waals surface area contributed by atoms with Gasteiger partial charge in [0.2, 0.25) is 5.91 Å². The molecule has 1 aliphatic carbocycles. The lowest BCUT2D eigenvalue weighted by Crippen LogP contribution is -2.46. The van der Waals surface area contributed by atoms with Gasteiger partial charge in [0.05, 0.1) is 6.42 Å². The zero-order valence-corrected chi connectivity index (χ0v) is 14.3. The minimum absolute atomic E-state index is 0.0868. The van der Waals surface area contributed by atoms with Crippen molar-refractivity contribution in [2.75, 3.05) is 19.0 Å². The molecule has 1 saturated carbocycles. The summed E-state index contributed by atoms with van der Waals surface area (Å²) in [5.41, 5.74) is 0.620. The minimum Gasteiger partial charge on any atom is -0.480 e. The zero-order valence-electron chi connectivity index (χ0n) is 14.3. The Morgan fingerprint density at radius 1 is 1.12 bits per heavy atom. The van der Waals surface area contributed by atoms with E-state index in [4.69, 9.17) is 9.84 Å². The number of benzene rings is 1. The van der Waals surface area contributed by atoms with E-state index in [0.717, 1.165) is 37.7 Å². The number of aliphatic carboxylic acids is 1. The first kappa shape index (κ1) is 18.9. The van der Waals surface area contributed by atoms with E-state index < -0.39 is 18.1 Å². The van der Waals surface area contributed by atoms with E-state index in [1.807, 2.05) is 0 Å². The molecule has 0 heterocycles. The lowest BCUT2D eigenvalue weighted by atomic mass is 9.84. The molecule has 0 atom stereocenters. The van der Waals surface area contributed by atoms with Crippen LogP contribution in [0, 0.1) is 0 Å². The minimum atomic E-state index is -1.08. The van der Waals surface area contributed by atoms with Crippen LogP contribution in [-0.2, 0) is 25.5 Å². The number of hydrogen-bond acceptors (Lipinski definition) is 4. The molecule has 25 heavy (non-hydrogen) atoms. The summed E-state index contributed by atoms with van der Waals surface area (Å²) in [5.74, 6) is -1.58. The average Bonchev–Trinajstić information content (AvgIpc) is 2.62. The first-order chi connectivity index (χ1) is 11.9. The Kier molecular flexibility index (Phi) is 6.52. The average molecular weight is 348 g/mol. The Bertz CT molecular complexity index is 621. The molecule has 1 aromatic rings. The van der Waals surface area contributed by atoms with Crippen molar-refractivity contribution in [2.24, 2.45) is 0 Å². The van der Waals surface area contributed by atoms with Crippen molar-refractivity contribution in [2.45, 2.75) is 44.1 Å². The van der Waals surface area contributed by atoms with Gasteiger partial charge in [-0.15, -0.1) is 0 Å². The molecule has 0 unspecified atom stereocenters. The van der Waals surface area contributed by atoms with Gasteiger partial charge in [0, 0.05) is 12.8 Å². The Labute approximate surface area is 146 Å². The lowest BCUT2D eigenvalue weighted by Gasteiger charge is -2.34. The molecule has 0 bridgehead atoms. The van der Waals surface area contributed by atoms with Crippen LogP contribution < -0.4 is 10.6 Å². The normalized spacial score (nSPS) is 16.0. The monoisotopic (exact) mass is 348 g/mol. The van der Waals surface area contributed by atoms with Gasteiger partial charge >= 0.3 is 5.97 Å². The highest BCUT2D eigenvalue weighted by Gasteiger charge is 2.39. The second-order valence-corrected chi connectivity index (χ2v) is 6.26. The maximum Gasteiger partial charge on any atom is 0.322 e. The molecule has 7 nitrogen and oxygen atoms in total. The van der Waals surface area contributed by atoms with Crippen LogP contribution in [0.15, 0.2) is 24.3 Å². The van der Waals surface area contributed by atoms with Crippen LogP contribution in [0.4, 0.5) is 5.69 Å². The van der Waals surface area contributed by atoms with Crippen LogP contribution >= 0.6 is 0 Å². The highest BCUT2D eigenvalue weighted by Crippen LogP contribution is 2.32. The number of anilines is 1. The summed E-state index contributed by atoms with van der Waals surface area (Å²) in [6.07, 6.45) is 4.60. The number of ether oxygens (including phenoxy) is 1. The molecule has 1 fully saturated rings. The van der Waals surface area contributed by atoms with Gasteiger partial charge in [0.15, 0.2) is 0 Å². The highest BCUT2D eigenvalue weighted by atomic mass is 16.5. The van der Waals surface area contributed by atoms with Crippen molar-refractivity contribution in [1.82, 2.24) is 5.32 Å². The van der Waals surface area contributed by atoms with E-state index >= 15 is 0 Å². The fourth-order valence-electron chi connectivity index (χ4n) is 3.02. The van der Waals surface area contributed by atoms with Gasteiger partial charge < -0.3 is 20.5 Å². The van der Waals surface area contributed by atoms with E-state index in [9.17, 15) is 14.4 Å². The maximum atomic E-state index is 12.6. The summed E-state index contributed by atoms with van der Waals surface area (Å²) in [4.78, 5) is 34.6. The summed E-state index contributed by atoms with van der Waals surface area (Å²) >= 11 is 0. The summed E-state index contributed by atoms with van der Waals surface area (Å²) in [5, 5.41) is 13.7. The van der Waals surface area contributed by atoms with Crippen molar-refractivity contribution in [1.29, 1.82) is 0 Å². The predicted octanol–water partition coefficient (Wildman–Crippen LogP) is 1.72. The molecule has 7 heteroatoms. The summed E-state index contributed by atoms with van der Waals surface area (Å²) in [7, 11) is 1.57. The quantitative estimate of drug-likeness (QED) is 0.696. The summed E-state index contributed by atoms with van der Waals surface area (Å²) in [6.45, 7) is -0.397. The second-order valence-electron chi connectivity index (χ2n) is 6.26. The van der Waals surface area contributed by atoms with E-state index in [-0.39, 0.29) is 18.2 Å². The molecule has 0 spiro atoms. The van der Waals surface area contributed by atoms with Gasteiger partial charge in [0.25, 0.3) is 5.91 Å². The van der Waals surface area contributed by atoms with Crippen LogP contribution in [0.1, 0.15) is 37.7 Å². The van der Waals surface area contributed by atoms with E-state index in [1.165, 1.54) is 0 Å². The van der Waals surface area contributed by atoms with Gasteiger partial charge in [-0.05, 0) is 30.5 Å². The molecule has 1 aliphatic rings. The van der Waals surface area contributed by atoms with Crippen molar-refractivity contribution in [3.8, 4) is 0 Å². The van der Waals surface area contributed by atoms with Crippen molar-refractivity contribution in [3.63, 3.8) is 0 Å². The van der Waals surface area contributed by atoms with Gasteiger partial charge in [-0.25, -0.2) is 0 Å². The number of amides is 2. The second kappa shape index (κ2) is 8.62. The fraction of sp³-hybridized carbons (Fsp3) is 0.500. The maximum absolute atomic E-state index is 12.6. The van der Waals surface area contributed by atoms with E-state index in [1.54, 1.807) is 31.4 Å². The number of rotatable bonds is 7.